The molecule has 1 fully saturated rings. The molecule has 1 N–H and O–H groups in total. The summed E-state index contributed by atoms with van der Waals surface area (Å²) in [5.41, 5.74) is 2.77. The lowest BCUT2D eigenvalue weighted by Crippen LogP contribution is -2.54. The molecule has 1 aromatic carbocycles. The second kappa shape index (κ2) is 6.21. The highest BCUT2D eigenvalue weighted by Crippen LogP contribution is 2.17. The number of rotatable bonds is 4. The van der Waals surface area contributed by atoms with Crippen LogP contribution in [0, 0.1) is 0 Å². The van der Waals surface area contributed by atoms with Gasteiger partial charge in [-0.25, -0.2) is 0 Å². The van der Waals surface area contributed by atoms with Gasteiger partial charge in [0.2, 0.25) is 0 Å². The van der Waals surface area contributed by atoms with Crippen LogP contribution < -0.4 is 10.2 Å². The van der Waals surface area contributed by atoms with Gasteiger partial charge in [0.25, 0.3) is 0 Å². The molecule has 1 atom stereocenters. The van der Waals surface area contributed by atoms with E-state index in [4.69, 9.17) is 0 Å². The zero-order valence-electron chi connectivity index (χ0n) is 11.8. The van der Waals surface area contributed by atoms with Crippen molar-refractivity contribution in [1.29, 1.82) is 0 Å². The van der Waals surface area contributed by atoms with Crippen LogP contribution in [0.1, 0.15) is 12.5 Å². The predicted octanol–water partition coefficient (Wildman–Crippen LogP) is 1.59. The SMILES string of the molecule is CCc1ccc(N2CCNC(CN(C)C)C2)cc1. The first-order valence-corrected chi connectivity index (χ1v) is 6.91. The molecule has 0 spiro atoms. The number of anilines is 1. The van der Waals surface area contributed by atoms with E-state index in [0.717, 1.165) is 32.6 Å². The van der Waals surface area contributed by atoms with Crippen LogP contribution in [0.15, 0.2) is 24.3 Å². The fourth-order valence-corrected chi connectivity index (χ4v) is 2.57. The first kappa shape index (κ1) is 13.4. The van der Waals surface area contributed by atoms with E-state index in [2.05, 4.69) is 60.4 Å². The minimum Gasteiger partial charge on any atom is -0.369 e. The Bertz CT molecular complexity index is 359. The molecule has 100 valence electrons. The highest BCUT2D eigenvalue weighted by atomic mass is 15.2. The van der Waals surface area contributed by atoms with Gasteiger partial charge < -0.3 is 15.1 Å². The largest absolute Gasteiger partial charge is 0.369 e. The lowest BCUT2D eigenvalue weighted by molar-refractivity contribution is 0.323. The van der Waals surface area contributed by atoms with Gasteiger partial charge in [0.1, 0.15) is 0 Å². The average Bonchev–Trinajstić information content (AvgIpc) is 2.38. The summed E-state index contributed by atoms with van der Waals surface area (Å²) in [7, 11) is 4.27. The van der Waals surface area contributed by atoms with Gasteiger partial charge in [-0.15, -0.1) is 0 Å². The summed E-state index contributed by atoms with van der Waals surface area (Å²) >= 11 is 0. The van der Waals surface area contributed by atoms with Gasteiger partial charge in [0.05, 0.1) is 0 Å². The topological polar surface area (TPSA) is 18.5 Å². The lowest BCUT2D eigenvalue weighted by atomic mass is 10.1. The molecule has 0 radical (unpaired) electrons. The molecular weight excluding hydrogens is 222 g/mol. The number of hydrogen-bond donors (Lipinski definition) is 1. The van der Waals surface area contributed by atoms with Crippen molar-refractivity contribution >= 4 is 5.69 Å². The maximum atomic E-state index is 3.59. The van der Waals surface area contributed by atoms with Gasteiger partial charge in [0.15, 0.2) is 0 Å². The number of likely N-dealkylation sites (N-methyl/N-ethyl adjacent to an activating group) is 1. The number of nitrogens with zero attached hydrogens (tertiary/aromatic N) is 2. The molecular formula is C15H25N3. The van der Waals surface area contributed by atoms with Crippen LogP contribution in [0.5, 0.6) is 0 Å². The zero-order chi connectivity index (χ0) is 13.0. The summed E-state index contributed by atoms with van der Waals surface area (Å²) in [5.74, 6) is 0. The van der Waals surface area contributed by atoms with Crippen molar-refractivity contribution in [3.63, 3.8) is 0 Å². The Kier molecular flexibility index (Phi) is 4.61. The van der Waals surface area contributed by atoms with Crippen molar-refractivity contribution in [2.75, 3.05) is 45.2 Å². The second-order valence-electron chi connectivity index (χ2n) is 5.38. The van der Waals surface area contributed by atoms with Crippen molar-refractivity contribution in [2.45, 2.75) is 19.4 Å². The Morgan fingerprint density at radius 1 is 1.28 bits per heavy atom. The van der Waals surface area contributed by atoms with Gasteiger partial charge in [-0.1, -0.05) is 19.1 Å². The van der Waals surface area contributed by atoms with Crippen LogP contribution in [0.2, 0.25) is 0 Å². The van der Waals surface area contributed by atoms with E-state index in [0.29, 0.717) is 6.04 Å². The average molecular weight is 247 g/mol. The highest BCUT2D eigenvalue weighted by Gasteiger charge is 2.19. The van der Waals surface area contributed by atoms with Crippen LogP contribution in [-0.2, 0) is 6.42 Å². The van der Waals surface area contributed by atoms with Crippen LogP contribution >= 0.6 is 0 Å². The maximum Gasteiger partial charge on any atom is 0.0371 e. The van der Waals surface area contributed by atoms with E-state index < -0.39 is 0 Å². The third-order valence-corrected chi connectivity index (χ3v) is 3.55. The number of piperazine rings is 1. The Morgan fingerprint density at radius 2 is 2.00 bits per heavy atom. The quantitative estimate of drug-likeness (QED) is 0.871. The molecule has 1 heterocycles. The summed E-state index contributed by atoms with van der Waals surface area (Å²) in [6.07, 6.45) is 1.12. The molecule has 0 amide bonds. The molecule has 0 aliphatic carbocycles. The smallest absolute Gasteiger partial charge is 0.0371 e. The molecule has 18 heavy (non-hydrogen) atoms. The standard InChI is InChI=1S/C15H25N3/c1-4-13-5-7-15(8-6-13)18-10-9-16-14(12-18)11-17(2)3/h5-8,14,16H,4,9-12H2,1-3H3. The minimum atomic E-state index is 0.569. The van der Waals surface area contributed by atoms with Crippen molar-refractivity contribution in [3.05, 3.63) is 29.8 Å². The van der Waals surface area contributed by atoms with Gasteiger partial charge in [0, 0.05) is 37.9 Å². The van der Waals surface area contributed by atoms with E-state index in [1.165, 1.54) is 11.3 Å². The van der Waals surface area contributed by atoms with Crippen LogP contribution in [-0.4, -0.2) is 51.2 Å². The van der Waals surface area contributed by atoms with Crippen LogP contribution in [0.3, 0.4) is 0 Å². The molecule has 0 bridgehead atoms. The molecule has 2 rings (SSSR count). The Morgan fingerprint density at radius 3 is 2.61 bits per heavy atom. The lowest BCUT2D eigenvalue weighted by Gasteiger charge is -2.36. The summed E-state index contributed by atoms with van der Waals surface area (Å²) in [5, 5.41) is 3.59. The van der Waals surface area contributed by atoms with Gasteiger partial charge in [-0.3, -0.25) is 0 Å². The molecule has 1 aliphatic heterocycles. The van der Waals surface area contributed by atoms with Gasteiger partial charge in [-0.2, -0.15) is 0 Å². The first-order chi connectivity index (χ1) is 8.69. The molecule has 0 saturated carbocycles. The summed E-state index contributed by atoms with van der Waals surface area (Å²) < 4.78 is 0. The van der Waals surface area contributed by atoms with Crippen molar-refractivity contribution in [1.82, 2.24) is 10.2 Å². The summed E-state index contributed by atoms with van der Waals surface area (Å²) in [6, 6.07) is 9.59. The number of aryl methyl sites for hydroxylation is 1. The van der Waals surface area contributed by atoms with Gasteiger partial charge in [-0.05, 0) is 38.2 Å². The van der Waals surface area contributed by atoms with Crippen molar-refractivity contribution in [3.8, 4) is 0 Å². The Labute approximate surface area is 111 Å². The van der Waals surface area contributed by atoms with E-state index >= 15 is 0 Å². The molecule has 1 unspecified atom stereocenters. The molecule has 1 aliphatic rings. The zero-order valence-corrected chi connectivity index (χ0v) is 11.8. The normalized spacial score (nSPS) is 20.4. The summed E-state index contributed by atoms with van der Waals surface area (Å²) in [6.45, 7) is 6.59. The first-order valence-electron chi connectivity index (χ1n) is 6.91. The molecule has 1 aromatic rings. The van der Waals surface area contributed by atoms with Crippen molar-refractivity contribution < 1.29 is 0 Å². The molecule has 1 saturated heterocycles. The fourth-order valence-electron chi connectivity index (χ4n) is 2.57. The van der Waals surface area contributed by atoms with E-state index in [1.54, 1.807) is 0 Å². The second-order valence-corrected chi connectivity index (χ2v) is 5.38. The number of nitrogens with one attached hydrogen (secondary N) is 1. The van der Waals surface area contributed by atoms with Crippen molar-refractivity contribution in [2.24, 2.45) is 0 Å². The van der Waals surface area contributed by atoms with E-state index in [-0.39, 0.29) is 0 Å². The molecule has 0 aromatic heterocycles. The number of hydrogen-bond acceptors (Lipinski definition) is 3. The maximum absolute atomic E-state index is 3.59. The van der Waals surface area contributed by atoms with E-state index in [1.807, 2.05) is 0 Å². The molecule has 3 nitrogen and oxygen atoms in total. The monoisotopic (exact) mass is 247 g/mol. The van der Waals surface area contributed by atoms with E-state index in [9.17, 15) is 0 Å². The van der Waals surface area contributed by atoms with Gasteiger partial charge >= 0.3 is 0 Å². The molecule has 3 heteroatoms. The summed E-state index contributed by atoms with van der Waals surface area (Å²) in [4.78, 5) is 4.74. The Hall–Kier alpha value is -1.06. The van der Waals surface area contributed by atoms with Crippen LogP contribution in [0.25, 0.3) is 0 Å². The Balaban J connectivity index is 1.98. The minimum absolute atomic E-state index is 0.569. The highest BCUT2D eigenvalue weighted by molar-refractivity contribution is 5.48. The third kappa shape index (κ3) is 3.47. The fraction of sp³-hybridized carbons (Fsp3) is 0.600. The van der Waals surface area contributed by atoms with Crippen LogP contribution in [0.4, 0.5) is 5.69 Å². The number of benzene rings is 1. The third-order valence-electron chi connectivity index (χ3n) is 3.55. The predicted molar refractivity (Wildman–Crippen MR) is 78.4 cm³/mol.